The normalized spacial score (nSPS) is 14.0. The molecule has 1 atom stereocenters. The van der Waals surface area contributed by atoms with Gasteiger partial charge in [0.15, 0.2) is 0 Å². The van der Waals surface area contributed by atoms with Gasteiger partial charge in [-0.2, -0.15) is 0 Å². The Hall–Kier alpha value is -1.85. The Morgan fingerprint density at radius 3 is 2.56 bits per heavy atom. The number of rotatable bonds is 0. The van der Waals surface area contributed by atoms with Gasteiger partial charge in [0.25, 0.3) is 0 Å². The van der Waals surface area contributed by atoms with Gasteiger partial charge in [-0.25, -0.2) is 0 Å². The van der Waals surface area contributed by atoms with E-state index >= 15 is 0 Å². The lowest BCUT2D eigenvalue weighted by Gasteiger charge is -2.21. The van der Waals surface area contributed by atoms with Crippen molar-refractivity contribution < 1.29 is 4.74 Å². The van der Waals surface area contributed by atoms with E-state index in [1.54, 1.807) is 0 Å². The Kier molecular flexibility index (Phi) is 2.15. The minimum absolute atomic E-state index is 0.673. The zero-order valence-corrected chi connectivity index (χ0v) is 10.7. The molecule has 0 saturated heterocycles. The van der Waals surface area contributed by atoms with Gasteiger partial charge in [-0.1, -0.05) is 57.1 Å². The second kappa shape index (κ2) is 3.83. The van der Waals surface area contributed by atoms with Crippen molar-refractivity contribution in [1.82, 2.24) is 0 Å². The highest BCUT2D eigenvalue weighted by atomic mass is 31.1. The third-order valence-corrected chi connectivity index (χ3v) is 4.71. The van der Waals surface area contributed by atoms with Crippen molar-refractivity contribution in [2.45, 2.75) is 0 Å². The van der Waals surface area contributed by atoms with E-state index in [1.165, 1.54) is 21.4 Å². The van der Waals surface area contributed by atoms with Crippen LogP contribution in [0.15, 0.2) is 60.7 Å². The zero-order valence-electron chi connectivity index (χ0n) is 9.68. The van der Waals surface area contributed by atoms with Crippen LogP contribution in [0.4, 0.5) is 0 Å². The Morgan fingerprint density at radius 2 is 1.56 bits per heavy atom. The smallest absolute Gasteiger partial charge is 0.135 e. The molecule has 0 fully saturated rings. The van der Waals surface area contributed by atoms with Gasteiger partial charge in [0, 0.05) is 10.6 Å². The van der Waals surface area contributed by atoms with Crippen molar-refractivity contribution >= 4 is 30.0 Å². The summed E-state index contributed by atoms with van der Waals surface area (Å²) in [6.45, 7) is 0. The lowest BCUT2D eigenvalue weighted by molar-refractivity contribution is 0.489. The Balaban J connectivity index is 1.98. The highest BCUT2D eigenvalue weighted by molar-refractivity contribution is 7.56. The molecule has 0 amide bonds. The van der Waals surface area contributed by atoms with Crippen LogP contribution >= 0.6 is 8.58 Å². The third-order valence-electron chi connectivity index (χ3n) is 3.26. The van der Waals surface area contributed by atoms with Crippen molar-refractivity contribution in [3.05, 3.63) is 60.7 Å². The molecule has 1 nitrogen and oxygen atoms in total. The first-order valence-electron chi connectivity index (χ1n) is 5.97. The first kappa shape index (κ1) is 10.1. The minimum Gasteiger partial charge on any atom is -0.456 e. The molecule has 0 saturated carbocycles. The summed E-state index contributed by atoms with van der Waals surface area (Å²) in [5.74, 6) is 2.00. The van der Waals surface area contributed by atoms with E-state index in [9.17, 15) is 0 Å². The molecule has 0 aliphatic carbocycles. The molecule has 0 aromatic heterocycles. The number of para-hydroxylation sites is 1. The van der Waals surface area contributed by atoms with E-state index in [0.717, 1.165) is 11.5 Å². The fourth-order valence-electron chi connectivity index (χ4n) is 2.38. The van der Waals surface area contributed by atoms with E-state index in [-0.39, 0.29) is 0 Å². The van der Waals surface area contributed by atoms with Crippen molar-refractivity contribution in [2.75, 3.05) is 0 Å². The molecule has 0 N–H and O–H groups in total. The van der Waals surface area contributed by atoms with Gasteiger partial charge >= 0.3 is 0 Å². The lowest BCUT2D eigenvalue weighted by atomic mass is 10.1. The van der Waals surface area contributed by atoms with Crippen LogP contribution < -0.4 is 15.3 Å². The molecule has 3 aromatic rings. The van der Waals surface area contributed by atoms with Crippen LogP contribution in [0.1, 0.15) is 0 Å². The largest absolute Gasteiger partial charge is 0.456 e. The average Bonchev–Trinajstić information content (AvgIpc) is 2.45. The van der Waals surface area contributed by atoms with Crippen LogP contribution in [0.5, 0.6) is 11.5 Å². The summed E-state index contributed by atoms with van der Waals surface area (Å²) >= 11 is 0. The van der Waals surface area contributed by atoms with Crippen molar-refractivity contribution in [3.8, 4) is 11.5 Å². The second-order valence-electron chi connectivity index (χ2n) is 4.38. The molecular formula is C16H11OP. The average molecular weight is 250 g/mol. The molecule has 1 unspecified atom stereocenters. The first-order chi connectivity index (χ1) is 8.92. The summed E-state index contributed by atoms with van der Waals surface area (Å²) < 4.78 is 5.99. The maximum atomic E-state index is 5.99. The maximum Gasteiger partial charge on any atom is 0.135 e. The molecule has 1 aliphatic rings. The van der Waals surface area contributed by atoms with Crippen molar-refractivity contribution in [3.63, 3.8) is 0 Å². The van der Waals surface area contributed by atoms with Gasteiger partial charge in [0.2, 0.25) is 0 Å². The van der Waals surface area contributed by atoms with E-state index in [4.69, 9.17) is 4.74 Å². The monoisotopic (exact) mass is 250 g/mol. The first-order valence-corrected chi connectivity index (χ1v) is 6.97. The molecule has 4 rings (SSSR count). The number of hydrogen-bond acceptors (Lipinski definition) is 1. The van der Waals surface area contributed by atoms with Crippen molar-refractivity contribution in [2.24, 2.45) is 0 Å². The van der Waals surface area contributed by atoms with Gasteiger partial charge in [-0.3, -0.25) is 0 Å². The number of fused-ring (bicyclic) bond motifs is 4. The summed E-state index contributed by atoms with van der Waals surface area (Å²) in [6, 6.07) is 21.0. The van der Waals surface area contributed by atoms with E-state index < -0.39 is 0 Å². The molecule has 0 spiro atoms. The van der Waals surface area contributed by atoms with Crippen LogP contribution in [-0.4, -0.2) is 0 Å². The van der Waals surface area contributed by atoms with Crippen LogP contribution in [0.25, 0.3) is 10.8 Å². The molecule has 1 aliphatic heterocycles. The summed E-state index contributed by atoms with van der Waals surface area (Å²) in [6.07, 6.45) is 0. The molecule has 86 valence electrons. The van der Waals surface area contributed by atoms with Gasteiger partial charge in [0.05, 0.1) is 0 Å². The summed E-state index contributed by atoms with van der Waals surface area (Å²) in [5, 5.41) is 5.21. The fraction of sp³-hybridized carbons (Fsp3) is 0. The third kappa shape index (κ3) is 1.45. The SMILES string of the molecule is c1ccc2c(c1)Oc1ccc3ccccc3c1P2. The molecule has 0 bridgehead atoms. The second-order valence-corrected chi connectivity index (χ2v) is 5.67. The van der Waals surface area contributed by atoms with Gasteiger partial charge in [-0.05, 0) is 22.9 Å². The van der Waals surface area contributed by atoms with E-state index in [2.05, 4.69) is 48.5 Å². The fourth-order valence-corrected chi connectivity index (χ4v) is 3.70. The number of hydrogen-bond donors (Lipinski definition) is 0. The predicted octanol–water partition coefficient (Wildman–Crippen LogP) is 3.57. The minimum atomic E-state index is 0.673. The van der Waals surface area contributed by atoms with E-state index in [0.29, 0.717) is 8.58 Å². The Bertz CT molecular complexity index is 749. The summed E-state index contributed by atoms with van der Waals surface area (Å²) in [7, 11) is 0.673. The standard InChI is InChI=1S/C16H11OP/c1-2-6-12-11(5-1)9-10-14-16(12)18-15-8-4-3-7-13(15)17-14/h1-10,18H. The lowest BCUT2D eigenvalue weighted by Crippen LogP contribution is -2.15. The molecule has 2 heteroatoms. The number of benzene rings is 3. The Labute approximate surface area is 107 Å². The molecule has 1 heterocycles. The van der Waals surface area contributed by atoms with Crippen LogP contribution in [0.2, 0.25) is 0 Å². The highest BCUT2D eigenvalue weighted by Crippen LogP contribution is 2.35. The van der Waals surface area contributed by atoms with Gasteiger partial charge in [0.1, 0.15) is 11.5 Å². The summed E-state index contributed by atoms with van der Waals surface area (Å²) in [4.78, 5) is 0. The maximum absolute atomic E-state index is 5.99. The zero-order chi connectivity index (χ0) is 11.9. The number of ether oxygens (including phenoxy) is 1. The Morgan fingerprint density at radius 1 is 0.722 bits per heavy atom. The van der Waals surface area contributed by atoms with Gasteiger partial charge in [-0.15, -0.1) is 0 Å². The molecule has 3 aromatic carbocycles. The molecule has 0 radical (unpaired) electrons. The van der Waals surface area contributed by atoms with Crippen LogP contribution in [0, 0.1) is 0 Å². The molecular weight excluding hydrogens is 239 g/mol. The van der Waals surface area contributed by atoms with Crippen LogP contribution in [0.3, 0.4) is 0 Å². The quantitative estimate of drug-likeness (QED) is 0.433. The van der Waals surface area contributed by atoms with E-state index in [1.807, 2.05) is 12.1 Å². The van der Waals surface area contributed by atoms with Crippen LogP contribution in [-0.2, 0) is 0 Å². The highest BCUT2D eigenvalue weighted by Gasteiger charge is 2.18. The predicted molar refractivity (Wildman–Crippen MR) is 78.0 cm³/mol. The van der Waals surface area contributed by atoms with Crippen molar-refractivity contribution in [1.29, 1.82) is 0 Å². The topological polar surface area (TPSA) is 9.23 Å². The van der Waals surface area contributed by atoms with Gasteiger partial charge < -0.3 is 4.74 Å². The summed E-state index contributed by atoms with van der Waals surface area (Å²) in [5.41, 5.74) is 0. The molecule has 18 heavy (non-hydrogen) atoms.